The number of rotatable bonds is 3. The molecule has 0 spiro atoms. The van der Waals surface area contributed by atoms with E-state index in [1.165, 1.54) is 12.5 Å². The zero-order valence-corrected chi connectivity index (χ0v) is 6.95. The van der Waals surface area contributed by atoms with Gasteiger partial charge in [0, 0.05) is 6.20 Å². The molecule has 1 aromatic heterocycles. The van der Waals surface area contributed by atoms with Crippen LogP contribution in [0, 0.1) is 0 Å². The number of hydrogen-bond donors (Lipinski definition) is 2. The minimum Gasteiger partial charge on any atom is -0.245 e. The summed E-state index contributed by atoms with van der Waals surface area (Å²) in [5, 5.41) is 4.70. The van der Waals surface area contributed by atoms with Crippen LogP contribution in [0.2, 0.25) is 0 Å². The van der Waals surface area contributed by atoms with E-state index in [4.69, 9.17) is 5.14 Å². The van der Waals surface area contributed by atoms with E-state index in [2.05, 4.69) is 14.7 Å². The average molecular weight is 188 g/mol. The Balaban J connectivity index is 2.56. The Kier molecular flexibility index (Phi) is 2.69. The zero-order chi connectivity index (χ0) is 9.03. The van der Waals surface area contributed by atoms with Crippen LogP contribution in [0.15, 0.2) is 18.6 Å². The Hall–Kier alpha value is -1.05. The van der Waals surface area contributed by atoms with Crippen LogP contribution in [-0.2, 0) is 16.8 Å². The van der Waals surface area contributed by atoms with Crippen molar-refractivity contribution in [1.29, 1.82) is 0 Å². The van der Waals surface area contributed by atoms with Gasteiger partial charge in [-0.15, -0.1) is 0 Å². The largest absolute Gasteiger partial charge is 0.274 e. The molecule has 0 unspecified atom stereocenters. The van der Waals surface area contributed by atoms with Crippen molar-refractivity contribution in [3.05, 3.63) is 24.3 Å². The first-order chi connectivity index (χ1) is 5.58. The first kappa shape index (κ1) is 9.04. The molecule has 6 nitrogen and oxygen atoms in total. The van der Waals surface area contributed by atoms with Gasteiger partial charge in [0.25, 0.3) is 10.2 Å². The lowest BCUT2D eigenvalue weighted by molar-refractivity contribution is 0.582. The third kappa shape index (κ3) is 3.37. The van der Waals surface area contributed by atoms with Gasteiger partial charge in [-0.3, -0.25) is 0 Å². The number of aromatic nitrogens is 2. The average Bonchev–Trinajstić information content (AvgIpc) is 2.02. The minimum atomic E-state index is -3.63. The van der Waals surface area contributed by atoms with Gasteiger partial charge in [-0.1, -0.05) is 0 Å². The van der Waals surface area contributed by atoms with Gasteiger partial charge in [0.05, 0.1) is 12.2 Å². The highest BCUT2D eigenvalue weighted by molar-refractivity contribution is 7.87. The SMILES string of the molecule is NS(=O)(=O)NCc1ccncn1. The molecule has 0 bridgehead atoms. The second kappa shape index (κ2) is 3.57. The summed E-state index contributed by atoms with van der Waals surface area (Å²) in [6.45, 7) is 0.0847. The quantitative estimate of drug-likeness (QED) is 0.620. The Labute approximate surface area is 70.0 Å². The van der Waals surface area contributed by atoms with Gasteiger partial charge < -0.3 is 0 Å². The first-order valence-electron chi connectivity index (χ1n) is 3.10. The monoisotopic (exact) mass is 188 g/mol. The number of nitrogens with zero attached hydrogens (tertiary/aromatic N) is 2. The molecule has 66 valence electrons. The van der Waals surface area contributed by atoms with Gasteiger partial charge in [0.15, 0.2) is 0 Å². The highest BCUT2D eigenvalue weighted by Crippen LogP contribution is 1.89. The van der Waals surface area contributed by atoms with Gasteiger partial charge in [-0.25, -0.2) is 15.1 Å². The molecule has 0 aliphatic heterocycles. The molecule has 3 N–H and O–H groups in total. The van der Waals surface area contributed by atoms with Crippen LogP contribution in [-0.4, -0.2) is 18.4 Å². The van der Waals surface area contributed by atoms with Crippen molar-refractivity contribution in [3.63, 3.8) is 0 Å². The maximum atomic E-state index is 10.4. The van der Waals surface area contributed by atoms with Crippen molar-refractivity contribution in [2.45, 2.75) is 6.54 Å². The minimum absolute atomic E-state index is 0.0847. The molecule has 1 heterocycles. The molecule has 1 aromatic rings. The fraction of sp³-hybridized carbons (Fsp3) is 0.200. The molecule has 0 saturated carbocycles. The third-order valence-electron chi connectivity index (χ3n) is 1.10. The smallest absolute Gasteiger partial charge is 0.245 e. The van der Waals surface area contributed by atoms with Gasteiger partial charge in [0.1, 0.15) is 6.33 Å². The van der Waals surface area contributed by atoms with E-state index in [-0.39, 0.29) is 6.54 Å². The predicted molar refractivity (Wildman–Crippen MR) is 42.0 cm³/mol. The molecule has 0 atom stereocenters. The van der Waals surface area contributed by atoms with Crippen molar-refractivity contribution in [3.8, 4) is 0 Å². The summed E-state index contributed by atoms with van der Waals surface area (Å²) in [4.78, 5) is 7.46. The van der Waals surface area contributed by atoms with Crippen LogP contribution >= 0.6 is 0 Å². The molecule has 0 amide bonds. The standard InChI is InChI=1S/C5H8N4O2S/c6-12(10,11)9-3-5-1-2-7-4-8-5/h1-2,4,9H,3H2,(H2,6,10,11). The van der Waals surface area contributed by atoms with E-state index in [1.807, 2.05) is 0 Å². The molecule has 0 aliphatic rings. The van der Waals surface area contributed by atoms with Gasteiger partial charge in [-0.2, -0.15) is 13.1 Å². The lowest BCUT2D eigenvalue weighted by atomic mass is 10.4. The Morgan fingerprint density at radius 2 is 2.33 bits per heavy atom. The normalized spacial score (nSPS) is 11.4. The van der Waals surface area contributed by atoms with Crippen LogP contribution in [0.25, 0.3) is 0 Å². The molecule has 1 rings (SSSR count). The fourth-order valence-corrected chi connectivity index (χ4v) is 0.946. The molecule has 0 saturated heterocycles. The Bertz CT molecular complexity index is 336. The van der Waals surface area contributed by atoms with Crippen LogP contribution < -0.4 is 9.86 Å². The summed E-state index contributed by atoms with van der Waals surface area (Å²) < 4.78 is 23.0. The van der Waals surface area contributed by atoms with Gasteiger partial charge >= 0.3 is 0 Å². The van der Waals surface area contributed by atoms with Gasteiger partial charge in [0.2, 0.25) is 0 Å². The molecular weight excluding hydrogens is 180 g/mol. The van der Waals surface area contributed by atoms with E-state index in [9.17, 15) is 8.42 Å². The second-order valence-electron chi connectivity index (χ2n) is 2.07. The summed E-state index contributed by atoms with van der Waals surface area (Å²) in [7, 11) is -3.63. The molecule has 0 fully saturated rings. The maximum absolute atomic E-state index is 10.4. The topological polar surface area (TPSA) is 98.0 Å². The Morgan fingerprint density at radius 1 is 1.58 bits per heavy atom. The van der Waals surface area contributed by atoms with Crippen molar-refractivity contribution >= 4 is 10.2 Å². The fourth-order valence-electron chi connectivity index (χ4n) is 0.597. The maximum Gasteiger partial charge on any atom is 0.274 e. The second-order valence-corrected chi connectivity index (χ2v) is 3.45. The van der Waals surface area contributed by atoms with E-state index < -0.39 is 10.2 Å². The van der Waals surface area contributed by atoms with E-state index >= 15 is 0 Å². The summed E-state index contributed by atoms with van der Waals surface area (Å²) in [5.74, 6) is 0. The number of hydrogen-bond acceptors (Lipinski definition) is 4. The van der Waals surface area contributed by atoms with Crippen molar-refractivity contribution in [1.82, 2.24) is 14.7 Å². The van der Waals surface area contributed by atoms with Gasteiger partial charge in [-0.05, 0) is 6.07 Å². The lowest BCUT2D eigenvalue weighted by Gasteiger charge is -1.99. The third-order valence-corrected chi connectivity index (χ3v) is 1.64. The molecule has 0 radical (unpaired) electrons. The summed E-state index contributed by atoms with van der Waals surface area (Å²) in [5.41, 5.74) is 0.569. The lowest BCUT2D eigenvalue weighted by Crippen LogP contribution is -2.30. The zero-order valence-electron chi connectivity index (χ0n) is 6.14. The summed E-state index contributed by atoms with van der Waals surface area (Å²) in [6.07, 6.45) is 2.85. The molecule has 12 heavy (non-hydrogen) atoms. The number of nitrogens with one attached hydrogen (secondary N) is 1. The van der Waals surface area contributed by atoms with Crippen LogP contribution in [0.1, 0.15) is 5.69 Å². The van der Waals surface area contributed by atoms with Crippen molar-refractivity contribution in [2.75, 3.05) is 0 Å². The predicted octanol–water partition coefficient (Wildman–Crippen LogP) is -1.23. The van der Waals surface area contributed by atoms with Crippen molar-refractivity contribution in [2.24, 2.45) is 5.14 Å². The first-order valence-corrected chi connectivity index (χ1v) is 4.65. The highest BCUT2D eigenvalue weighted by atomic mass is 32.2. The molecule has 0 aliphatic carbocycles. The Morgan fingerprint density at radius 3 is 2.83 bits per heavy atom. The summed E-state index contributed by atoms with van der Waals surface area (Å²) in [6, 6.07) is 1.60. The molecule has 0 aromatic carbocycles. The number of nitrogens with two attached hydrogens (primary N) is 1. The highest BCUT2D eigenvalue weighted by Gasteiger charge is 2.00. The van der Waals surface area contributed by atoms with Crippen molar-refractivity contribution < 1.29 is 8.42 Å². The van der Waals surface area contributed by atoms with E-state index in [1.54, 1.807) is 6.07 Å². The van der Waals surface area contributed by atoms with E-state index in [0.717, 1.165) is 0 Å². The van der Waals surface area contributed by atoms with Crippen LogP contribution in [0.4, 0.5) is 0 Å². The molecule has 7 heteroatoms. The van der Waals surface area contributed by atoms with Crippen LogP contribution in [0.5, 0.6) is 0 Å². The van der Waals surface area contributed by atoms with Crippen LogP contribution in [0.3, 0.4) is 0 Å². The summed E-state index contributed by atoms with van der Waals surface area (Å²) >= 11 is 0. The molecular formula is C5H8N4O2S. The van der Waals surface area contributed by atoms with E-state index in [0.29, 0.717) is 5.69 Å².